The number of hydrogen-bond donors (Lipinski definition) is 1. The fourth-order valence-corrected chi connectivity index (χ4v) is 2.57. The molecule has 23 heavy (non-hydrogen) atoms. The molecule has 2 rings (SSSR count). The van der Waals surface area contributed by atoms with Gasteiger partial charge in [-0.1, -0.05) is 23.5 Å². The topological polar surface area (TPSA) is 96.0 Å². The van der Waals surface area contributed by atoms with E-state index in [1.807, 2.05) is 38.1 Å². The highest BCUT2D eigenvalue weighted by atomic mass is 32.1. The molecule has 0 spiro atoms. The largest absolute Gasteiger partial charge is 0.324 e. The maximum Gasteiger partial charge on any atom is 0.324 e. The van der Waals surface area contributed by atoms with Crippen molar-refractivity contribution in [3.8, 4) is 6.07 Å². The number of hydrogen-bond acceptors (Lipinski definition) is 5. The molecule has 0 radical (unpaired) electrons. The van der Waals surface area contributed by atoms with Gasteiger partial charge in [0, 0.05) is 17.1 Å². The molecular formula is C16H13N3O3S. The fourth-order valence-electron chi connectivity index (χ4n) is 1.89. The molecule has 1 aromatic carbocycles. The van der Waals surface area contributed by atoms with E-state index in [1.165, 1.54) is 17.5 Å². The summed E-state index contributed by atoms with van der Waals surface area (Å²) in [5.74, 6) is -0.546. The Morgan fingerprint density at radius 3 is 2.74 bits per heavy atom. The SMILES string of the molecule is Cc1ccc(C)c(NC(=O)/C(C#N)=C\c2csc([N+](=O)[O-])c2)c1. The minimum absolute atomic E-state index is 0.0384. The van der Waals surface area contributed by atoms with E-state index in [1.54, 1.807) is 0 Å². The van der Waals surface area contributed by atoms with Crippen molar-refractivity contribution in [2.75, 3.05) is 5.32 Å². The van der Waals surface area contributed by atoms with E-state index < -0.39 is 10.8 Å². The van der Waals surface area contributed by atoms with Gasteiger partial charge >= 0.3 is 5.00 Å². The molecule has 1 amide bonds. The van der Waals surface area contributed by atoms with Crippen molar-refractivity contribution in [3.05, 3.63) is 62.0 Å². The molecule has 7 heteroatoms. The van der Waals surface area contributed by atoms with Gasteiger partial charge in [0.2, 0.25) is 0 Å². The number of nitro groups is 1. The van der Waals surface area contributed by atoms with Crippen LogP contribution < -0.4 is 5.32 Å². The smallest absolute Gasteiger partial charge is 0.321 e. The lowest BCUT2D eigenvalue weighted by Gasteiger charge is -2.08. The Bertz CT molecular complexity index is 846. The molecule has 1 aromatic heterocycles. The first-order chi connectivity index (χ1) is 10.9. The minimum Gasteiger partial charge on any atom is -0.321 e. The van der Waals surface area contributed by atoms with Gasteiger partial charge in [-0.2, -0.15) is 5.26 Å². The molecule has 2 aromatic rings. The van der Waals surface area contributed by atoms with Crippen LogP contribution >= 0.6 is 11.3 Å². The maximum atomic E-state index is 12.2. The number of nitrogens with one attached hydrogen (secondary N) is 1. The Kier molecular flexibility index (Phi) is 4.88. The lowest BCUT2D eigenvalue weighted by Crippen LogP contribution is -2.14. The number of carbonyl (C=O) groups is 1. The summed E-state index contributed by atoms with van der Waals surface area (Å²) in [5.41, 5.74) is 2.84. The van der Waals surface area contributed by atoms with Crippen molar-refractivity contribution in [2.24, 2.45) is 0 Å². The van der Waals surface area contributed by atoms with Crippen LogP contribution in [0.5, 0.6) is 0 Å². The number of thiophene rings is 1. The lowest BCUT2D eigenvalue weighted by atomic mass is 10.1. The van der Waals surface area contributed by atoms with Gasteiger partial charge in [0.25, 0.3) is 5.91 Å². The molecule has 0 fully saturated rings. The normalized spacial score (nSPS) is 10.9. The minimum atomic E-state index is -0.546. The summed E-state index contributed by atoms with van der Waals surface area (Å²) in [5, 5.41) is 24.0. The molecule has 0 bridgehead atoms. The second-order valence-corrected chi connectivity index (χ2v) is 5.81. The Balaban J connectivity index is 2.24. The van der Waals surface area contributed by atoms with E-state index in [0.29, 0.717) is 11.3 Å². The van der Waals surface area contributed by atoms with Crippen LogP contribution in [0.15, 0.2) is 35.2 Å². The molecule has 0 unspecified atom stereocenters. The number of aryl methyl sites for hydroxylation is 2. The van der Waals surface area contributed by atoms with Gasteiger partial charge in [-0.15, -0.1) is 0 Å². The zero-order valence-corrected chi connectivity index (χ0v) is 13.3. The molecule has 0 saturated carbocycles. The van der Waals surface area contributed by atoms with Crippen molar-refractivity contribution >= 4 is 34.0 Å². The zero-order chi connectivity index (χ0) is 17.0. The molecular weight excluding hydrogens is 314 g/mol. The van der Waals surface area contributed by atoms with E-state index in [0.717, 1.165) is 22.5 Å². The standard InChI is InChI=1S/C16H13N3O3S/c1-10-3-4-11(2)14(5-10)18-16(20)13(8-17)6-12-7-15(19(21)22)23-9-12/h3-7,9H,1-2H3,(H,18,20)/b13-6-. The Hall–Kier alpha value is -2.98. The third-order valence-corrected chi connectivity index (χ3v) is 4.00. The van der Waals surface area contributed by atoms with Crippen LogP contribution in [0.25, 0.3) is 6.08 Å². The Morgan fingerprint density at radius 2 is 2.13 bits per heavy atom. The van der Waals surface area contributed by atoms with Crippen LogP contribution in [0.2, 0.25) is 0 Å². The van der Waals surface area contributed by atoms with Crippen LogP contribution in [0.3, 0.4) is 0 Å². The average molecular weight is 327 g/mol. The lowest BCUT2D eigenvalue weighted by molar-refractivity contribution is -0.380. The van der Waals surface area contributed by atoms with E-state index in [9.17, 15) is 14.9 Å². The molecule has 0 atom stereocenters. The van der Waals surface area contributed by atoms with Crippen LogP contribution in [0.1, 0.15) is 16.7 Å². The van der Waals surface area contributed by atoms with Gasteiger partial charge in [-0.3, -0.25) is 14.9 Å². The van der Waals surface area contributed by atoms with Crippen molar-refractivity contribution < 1.29 is 9.72 Å². The highest BCUT2D eigenvalue weighted by molar-refractivity contribution is 7.13. The summed E-state index contributed by atoms with van der Waals surface area (Å²) in [6.07, 6.45) is 1.34. The first kappa shape index (κ1) is 16.4. The summed E-state index contributed by atoms with van der Waals surface area (Å²) in [7, 11) is 0. The van der Waals surface area contributed by atoms with E-state index in [2.05, 4.69) is 5.32 Å². The van der Waals surface area contributed by atoms with E-state index in [-0.39, 0.29) is 10.6 Å². The number of carbonyl (C=O) groups excluding carboxylic acids is 1. The third kappa shape index (κ3) is 4.02. The second kappa shape index (κ2) is 6.85. The Labute approximate surface area is 136 Å². The predicted molar refractivity (Wildman–Crippen MR) is 89.1 cm³/mol. The monoisotopic (exact) mass is 327 g/mol. The van der Waals surface area contributed by atoms with Crippen molar-refractivity contribution in [1.29, 1.82) is 5.26 Å². The zero-order valence-electron chi connectivity index (χ0n) is 12.5. The van der Waals surface area contributed by atoms with Gasteiger partial charge in [0.05, 0.1) is 4.92 Å². The third-order valence-electron chi connectivity index (χ3n) is 3.10. The number of amides is 1. The Morgan fingerprint density at radius 1 is 1.39 bits per heavy atom. The molecule has 0 saturated heterocycles. The molecule has 116 valence electrons. The van der Waals surface area contributed by atoms with Crippen LogP contribution in [-0.4, -0.2) is 10.8 Å². The van der Waals surface area contributed by atoms with E-state index in [4.69, 9.17) is 5.26 Å². The number of benzene rings is 1. The van der Waals surface area contributed by atoms with Crippen molar-refractivity contribution in [3.63, 3.8) is 0 Å². The number of nitriles is 1. The number of anilines is 1. The van der Waals surface area contributed by atoms with Gasteiger partial charge in [0.15, 0.2) is 0 Å². The second-order valence-electron chi connectivity index (χ2n) is 4.92. The van der Waals surface area contributed by atoms with Crippen molar-refractivity contribution in [2.45, 2.75) is 13.8 Å². The molecule has 0 aliphatic carbocycles. The summed E-state index contributed by atoms with van der Waals surface area (Å²) >= 11 is 0.945. The number of rotatable bonds is 4. The van der Waals surface area contributed by atoms with Gasteiger partial charge < -0.3 is 5.32 Å². The maximum absolute atomic E-state index is 12.2. The van der Waals surface area contributed by atoms with Gasteiger partial charge in [-0.05, 0) is 42.7 Å². The summed E-state index contributed by atoms with van der Waals surface area (Å²) < 4.78 is 0. The first-order valence-electron chi connectivity index (χ1n) is 6.64. The molecule has 0 aliphatic rings. The van der Waals surface area contributed by atoms with Crippen LogP contribution in [0.4, 0.5) is 10.7 Å². The van der Waals surface area contributed by atoms with Crippen molar-refractivity contribution in [1.82, 2.24) is 0 Å². The number of nitrogens with zero attached hydrogens (tertiary/aromatic N) is 2. The predicted octanol–water partition coefficient (Wildman–Crippen LogP) is 3.82. The average Bonchev–Trinajstić information content (AvgIpc) is 2.97. The van der Waals surface area contributed by atoms with Crippen LogP contribution in [-0.2, 0) is 4.79 Å². The summed E-state index contributed by atoms with van der Waals surface area (Å²) in [4.78, 5) is 22.4. The summed E-state index contributed by atoms with van der Waals surface area (Å²) in [6, 6.07) is 8.78. The van der Waals surface area contributed by atoms with E-state index >= 15 is 0 Å². The molecule has 1 N–H and O–H groups in total. The molecule has 6 nitrogen and oxygen atoms in total. The summed E-state index contributed by atoms with van der Waals surface area (Å²) in [6.45, 7) is 3.76. The van der Waals surface area contributed by atoms with Crippen LogP contribution in [0, 0.1) is 35.3 Å². The quantitative estimate of drug-likeness (QED) is 0.399. The van der Waals surface area contributed by atoms with Gasteiger partial charge in [-0.25, -0.2) is 0 Å². The highest BCUT2D eigenvalue weighted by Gasteiger charge is 2.13. The first-order valence-corrected chi connectivity index (χ1v) is 7.52. The van der Waals surface area contributed by atoms with Gasteiger partial charge in [0.1, 0.15) is 11.6 Å². The highest BCUT2D eigenvalue weighted by Crippen LogP contribution is 2.24. The molecule has 1 heterocycles. The fraction of sp³-hybridized carbons (Fsp3) is 0.125. The molecule has 0 aliphatic heterocycles.